The summed E-state index contributed by atoms with van der Waals surface area (Å²) in [5, 5.41) is 2.57. The molecule has 2 heterocycles. The van der Waals surface area contributed by atoms with Crippen molar-refractivity contribution in [2.75, 3.05) is 19.4 Å². The number of carbonyl (C=O) groups is 3. The molecule has 2 saturated heterocycles. The number of para-hydroxylation sites is 1. The fourth-order valence-corrected chi connectivity index (χ4v) is 4.85. The first-order chi connectivity index (χ1) is 15.8. The van der Waals surface area contributed by atoms with Crippen molar-refractivity contribution in [3.63, 3.8) is 0 Å². The summed E-state index contributed by atoms with van der Waals surface area (Å²) in [4.78, 5) is 39.0. The quantitative estimate of drug-likeness (QED) is 0.426. The third-order valence-electron chi connectivity index (χ3n) is 5.46. The number of ether oxygens (including phenoxy) is 2. The maximum atomic E-state index is 12.8. The van der Waals surface area contributed by atoms with E-state index in [-0.39, 0.29) is 19.8 Å². The number of amides is 2. The van der Waals surface area contributed by atoms with Crippen LogP contribution in [0.25, 0.3) is 0 Å². The van der Waals surface area contributed by atoms with E-state index in [1.807, 2.05) is 12.1 Å². The molecule has 2 fully saturated rings. The molecule has 10 nitrogen and oxygen atoms in total. The minimum absolute atomic E-state index is 0.0581. The van der Waals surface area contributed by atoms with Crippen molar-refractivity contribution in [3.8, 4) is 5.75 Å². The molecule has 2 amide bonds. The number of fused-ring (bicyclic) bond motifs is 1. The maximum absolute atomic E-state index is 12.8. The van der Waals surface area contributed by atoms with Gasteiger partial charge in [0, 0.05) is 6.54 Å². The van der Waals surface area contributed by atoms with Crippen LogP contribution in [0.3, 0.4) is 0 Å². The zero-order chi connectivity index (χ0) is 23.6. The summed E-state index contributed by atoms with van der Waals surface area (Å²) in [6.07, 6.45) is -0.447. The smallest absolute Gasteiger partial charge is 0.345 e. The van der Waals surface area contributed by atoms with Gasteiger partial charge in [0.05, 0.1) is 12.3 Å². The van der Waals surface area contributed by atoms with Crippen LogP contribution < -0.4 is 10.1 Å². The summed E-state index contributed by atoms with van der Waals surface area (Å²) in [5.74, 6) is -1.43. The largest absolute Gasteiger partial charge is 0.484 e. The first kappa shape index (κ1) is 22.7. The minimum Gasteiger partial charge on any atom is -0.484 e. The average Bonchev–Trinajstić information content (AvgIpc) is 3.18. The second-order valence-electron chi connectivity index (χ2n) is 7.76. The Morgan fingerprint density at radius 3 is 2.33 bits per heavy atom. The summed E-state index contributed by atoms with van der Waals surface area (Å²) >= 11 is 0. The average molecular weight is 474 g/mol. The Morgan fingerprint density at radius 2 is 1.70 bits per heavy atom. The molecular weight excluding hydrogens is 450 g/mol. The molecule has 0 radical (unpaired) electrons. The van der Waals surface area contributed by atoms with E-state index >= 15 is 0 Å². The van der Waals surface area contributed by atoms with Crippen LogP contribution in [-0.2, 0) is 35.8 Å². The van der Waals surface area contributed by atoms with E-state index in [0.29, 0.717) is 5.75 Å². The summed E-state index contributed by atoms with van der Waals surface area (Å²) in [7, 11) is -3.83. The van der Waals surface area contributed by atoms with Crippen molar-refractivity contribution >= 4 is 27.8 Å². The number of hydrogen-bond donors (Lipinski definition) is 1. The lowest BCUT2D eigenvalue weighted by atomic mass is 9.96. The molecule has 0 aromatic heterocycles. The molecule has 4 rings (SSSR count). The van der Waals surface area contributed by atoms with Crippen molar-refractivity contribution in [2.24, 2.45) is 0 Å². The van der Waals surface area contributed by atoms with Crippen LogP contribution in [-0.4, -0.2) is 73.1 Å². The van der Waals surface area contributed by atoms with Crippen molar-refractivity contribution in [2.45, 2.75) is 24.9 Å². The van der Waals surface area contributed by atoms with Crippen LogP contribution in [0.4, 0.5) is 0 Å². The van der Waals surface area contributed by atoms with Crippen LogP contribution in [0, 0.1) is 0 Å². The number of nitrogens with zero attached hydrogens (tertiary/aromatic N) is 2. The molecule has 2 unspecified atom stereocenters. The van der Waals surface area contributed by atoms with E-state index < -0.39 is 46.1 Å². The molecule has 2 aliphatic heterocycles. The topological polar surface area (TPSA) is 122 Å². The Hall–Kier alpha value is -3.44. The van der Waals surface area contributed by atoms with E-state index in [4.69, 9.17) is 9.47 Å². The molecule has 33 heavy (non-hydrogen) atoms. The summed E-state index contributed by atoms with van der Waals surface area (Å²) in [6.45, 7) is -0.490. The highest BCUT2D eigenvalue weighted by molar-refractivity contribution is 7.88. The fraction of sp³-hybridized carbons (Fsp3) is 0.318. The monoisotopic (exact) mass is 473 g/mol. The SMILES string of the molecule is CS(=O)(=O)N1CC2[C@H](NC(=O)COc3ccccc3)C(=O)N2C1C(=O)OCc1ccccc1. The van der Waals surface area contributed by atoms with Crippen molar-refractivity contribution in [3.05, 3.63) is 66.2 Å². The van der Waals surface area contributed by atoms with Gasteiger partial charge in [0.1, 0.15) is 18.4 Å². The molecule has 2 aromatic carbocycles. The summed E-state index contributed by atoms with van der Waals surface area (Å²) in [6, 6.07) is 16.0. The molecule has 1 N–H and O–H groups in total. The van der Waals surface area contributed by atoms with Gasteiger partial charge < -0.3 is 19.7 Å². The number of rotatable bonds is 8. The fourth-order valence-electron chi connectivity index (χ4n) is 3.88. The lowest BCUT2D eigenvalue weighted by Crippen LogP contribution is -2.71. The van der Waals surface area contributed by atoms with E-state index in [1.54, 1.807) is 48.5 Å². The van der Waals surface area contributed by atoms with Crippen LogP contribution in [0.5, 0.6) is 5.75 Å². The van der Waals surface area contributed by atoms with Gasteiger partial charge >= 0.3 is 5.97 Å². The second kappa shape index (κ2) is 9.20. The van der Waals surface area contributed by atoms with Crippen LogP contribution in [0.15, 0.2) is 60.7 Å². The highest BCUT2D eigenvalue weighted by atomic mass is 32.2. The molecule has 11 heteroatoms. The first-order valence-corrected chi connectivity index (χ1v) is 12.1. The lowest BCUT2D eigenvalue weighted by Gasteiger charge is -2.43. The molecule has 0 bridgehead atoms. The van der Waals surface area contributed by atoms with Crippen molar-refractivity contribution in [1.29, 1.82) is 0 Å². The Labute approximate surface area is 191 Å². The summed E-state index contributed by atoms with van der Waals surface area (Å²) < 4.78 is 36.2. The Morgan fingerprint density at radius 1 is 1.06 bits per heavy atom. The van der Waals surface area contributed by atoms with Gasteiger partial charge in [0.2, 0.25) is 15.9 Å². The summed E-state index contributed by atoms with van der Waals surface area (Å²) in [5.41, 5.74) is 0.727. The molecule has 0 saturated carbocycles. The molecule has 2 aromatic rings. The van der Waals surface area contributed by atoms with Gasteiger partial charge in [-0.3, -0.25) is 9.59 Å². The van der Waals surface area contributed by atoms with E-state index in [2.05, 4.69) is 5.32 Å². The maximum Gasteiger partial charge on any atom is 0.345 e. The van der Waals surface area contributed by atoms with Gasteiger partial charge in [0.15, 0.2) is 12.8 Å². The standard InChI is InChI=1S/C22H23N3O7S/c1-33(29,30)24-12-17-19(23-18(26)14-31-16-10-6-3-7-11-16)21(27)25(17)20(24)22(28)32-13-15-8-4-2-5-9-15/h2-11,17,19-20H,12-14H2,1H3,(H,23,26)/t17?,19-,20?/m0/s1. The van der Waals surface area contributed by atoms with Gasteiger partial charge in [-0.15, -0.1) is 0 Å². The second-order valence-corrected chi connectivity index (χ2v) is 9.69. The normalized spacial score (nSPS) is 22.3. The van der Waals surface area contributed by atoms with Crippen molar-refractivity contribution < 1.29 is 32.3 Å². The van der Waals surface area contributed by atoms with E-state index in [1.165, 1.54) is 0 Å². The van der Waals surface area contributed by atoms with Gasteiger partial charge in [0.25, 0.3) is 5.91 Å². The molecule has 0 aliphatic carbocycles. The van der Waals surface area contributed by atoms with Gasteiger partial charge in [-0.25, -0.2) is 13.2 Å². The number of hydrogen-bond acceptors (Lipinski definition) is 7. The Bertz CT molecular complexity index is 1140. The molecule has 2 aliphatic rings. The zero-order valence-corrected chi connectivity index (χ0v) is 18.6. The van der Waals surface area contributed by atoms with Crippen LogP contribution in [0.1, 0.15) is 5.56 Å². The van der Waals surface area contributed by atoms with Crippen LogP contribution in [0.2, 0.25) is 0 Å². The number of β-lactam (4-membered cyclic amide) rings is 1. The highest BCUT2D eigenvalue weighted by Gasteiger charge is 2.62. The highest BCUT2D eigenvalue weighted by Crippen LogP contribution is 2.34. The third-order valence-corrected chi connectivity index (χ3v) is 6.66. The Kier molecular flexibility index (Phi) is 6.34. The molecular formula is C22H23N3O7S. The van der Waals surface area contributed by atoms with Gasteiger partial charge in [-0.1, -0.05) is 48.5 Å². The van der Waals surface area contributed by atoms with Gasteiger partial charge in [-0.05, 0) is 17.7 Å². The molecule has 174 valence electrons. The lowest BCUT2D eigenvalue weighted by molar-refractivity contribution is -0.167. The third kappa shape index (κ3) is 4.83. The molecule has 3 atom stereocenters. The first-order valence-electron chi connectivity index (χ1n) is 10.2. The predicted molar refractivity (Wildman–Crippen MR) is 116 cm³/mol. The van der Waals surface area contributed by atoms with Crippen molar-refractivity contribution in [1.82, 2.24) is 14.5 Å². The van der Waals surface area contributed by atoms with Gasteiger partial charge in [-0.2, -0.15) is 4.31 Å². The van der Waals surface area contributed by atoms with E-state index in [0.717, 1.165) is 21.0 Å². The minimum atomic E-state index is -3.83. The Balaban J connectivity index is 1.41. The van der Waals surface area contributed by atoms with E-state index in [9.17, 15) is 22.8 Å². The number of sulfonamides is 1. The predicted octanol–water partition coefficient (Wildman–Crippen LogP) is 0.106. The number of carbonyl (C=O) groups excluding carboxylic acids is 3. The number of nitrogens with one attached hydrogen (secondary N) is 1. The number of benzene rings is 2. The zero-order valence-electron chi connectivity index (χ0n) is 17.8. The number of esters is 1. The molecule has 0 spiro atoms. The van der Waals surface area contributed by atoms with Crippen LogP contribution >= 0.6 is 0 Å².